The van der Waals surface area contributed by atoms with Crippen LogP contribution in [-0.2, 0) is 32.6 Å². The Hall–Kier alpha value is -6.14. The number of benzene rings is 3. The fourth-order valence-corrected chi connectivity index (χ4v) is 6.48. The van der Waals surface area contributed by atoms with Crippen LogP contribution in [0.3, 0.4) is 0 Å². The highest BCUT2D eigenvalue weighted by Crippen LogP contribution is 2.20. The van der Waals surface area contributed by atoms with Crippen LogP contribution in [0.5, 0.6) is 11.5 Å². The highest BCUT2D eigenvalue weighted by Gasteiger charge is 2.11. The first-order valence-electron chi connectivity index (χ1n) is 17.7. The summed E-state index contributed by atoms with van der Waals surface area (Å²) < 4.78 is 20.9. The molecule has 0 saturated heterocycles. The van der Waals surface area contributed by atoms with Crippen molar-refractivity contribution in [1.29, 1.82) is 0 Å². The summed E-state index contributed by atoms with van der Waals surface area (Å²) in [7, 11) is 0. The molecule has 0 radical (unpaired) electrons. The molecule has 0 spiro atoms. The second kappa shape index (κ2) is 15.2. The van der Waals surface area contributed by atoms with Gasteiger partial charge in [0.05, 0.1) is 0 Å². The second-order valence-corrected chi connectivity index (χ2v) is 13.1. The van der Waals surface area contributed by atoms with E-state index in [4.69, 9.17) is 9.47 Å². The summed E-state index contributed by atoms with van der Waals surface area (Å²) in [5, 5.41) is 0. The molecule has 9 aliphatic rings. The number of ether oxygens (including phenoxy) is 2. The van der Waals surface area contributed by atoms with Gasteiger partial charge in [0.25, 0.3) is 0 Å². The molecule has 9 aliphatic heterocycles. The summed E-state index contributed by atoms with van der Waals surface area (Å²) in [5.74, 6) is 1.61. The number of pyridine rings is 4. The highest BCUT2D eigenvalue weighted by atomic mass is 16.5. The molecule has 6 nitrogen and oxygen atoms in total. The summed E-state index contributed by atoms with van der Waals surface area (Å²) in [6, 6.07) is 43.3. The SMILES string of the molecule is c1cc2cc(c1)OCC[n+]1ccc(cc1)-c1cc[n+](cc1)Cc1ccc(cc1)Cc1ccc(cc1)C[n+]1ccc(cc1)-c1cc[n+](cc1)CCO2. The van der Waals surface area contributed by atoms with E-state index < -0.39 is 0 Å². The lowest BCUT2D eigenvalue weighted by Gasteiger charge is -2.08. The van der Waals surface area contributed by atoms with Crippen LogP contribution < -0.4 is 27.7 Å². The molecule has 6 heteroatoms. The molecule has 7 aromatic rings. The summed E-state index contributed by atoms with van der Waals surface area (Å²) in [6.45, 7) is 4.31. The largest absolute Gasteiger partial charge is 0.487 e. The van der Waals surface area contributed by atoms with E-state index in [9.17, 15) is 0 Å². The predicted octanol–water partition coefficient (Wildman–Crippen LogP) is 6.33. The summed E-state index contributed by atoms with van der Waals surface area (Å²) >= 11 is 0. The van der Waals surface area contributed by atoms with Crippen LogP contribution in [0.15, 0.2) is 171 Å². The molecule has 13 heterocycles. The standard InChI is InChI=1S/C45H42N4O2/c1-2-44-33-45(3-1)51-31-29-47-22-14-41(15-23-47)43-18-26-49(27-19-43)35-39-10-6-37(7-11-39)32-36-4-8-38(9-5-36)34-48-24-16-42(17-25-48)40-12-20-46(21-13-40)28-30-50-44/h1-27,33H,28-32,34-35H2/q+4. The third-order valence-electron chi connectivity index (χ3n) is 9.46. The van der Waals surface area contributed by atoms with E-state index in [2.05, 4.69) is 165 Å². The van der Waals surface area contributed by atoms with Crippen molar-refractivity contribution in [3.05, 3.63) is 193 Å². The molecule has 14 bridgehead atoms. The molecule has 0 saturated carbocycles. The minimum atomic E-state index is 0.566. The second-order valence-electron chi connectivity index (χ2n) is 13.1. The zero-order valence-electron chi connectivity index (χ0n) is 28.7. The first-order chi connectivity index (χ1) is 25.2. The van der Waals surface area contributed by atoms with E-state index in [1.165, 1.54) is 44.5 Å². The lowest BCUT2D eigenvalue weighted by molar-refractivity contribution is -0.697. The molecule has 0 unspecified atom stereocenters. The van der Waals surface area contributed by atoms with E-state index in [0.29, 0.717) is 13.2 Å². The van der Waals surface area contributed by atoms with Gasteiger partial charge in [0.2, 0.25) is 0 Å². The van der Waals surface area contributed by atoms with Gasteiger partial charge in [-0.05, 0) is 51.9 Å². The molecule has 16 rings (SSSR count). The molecule has 0 aliphatic carbocycles. The van der Waals surface area contributed by atoms with Gasteiger partial charge in [0.15, 0.2) is 75.8 Å². The maximum absolute atomic E-state index is 6.08. The quantitative estimate of drug-likeness (QED) is 0.177. The minimum Gasteiger partial charge on any atom is -0.487 e. The molecule has 0 fully saturated rings. The number of rotatable bonds is 0. The van der Waals surface area contributed by atoms with Gasteiger partial charge in [-0.2, -0.15) is 0 Å². The van der Waals surface area contributed by atoms with E-state index in [1.807, 2.05) is 24.3 Å². The van der Waals surface area contributed by atoms with Gasteiger partial charge < -0.3 is 9.47 Å². The minimum absolute atomic E-state index is 0.566. The van der Waals surface area contributed by atoms with E-state index in [0.717, 1.165) is 44.1 Å². The van der Waals surface area contributed by atoms with Crippen LogP contribution in [0, 0.1) is 0 Å². The average Bonchev–Trinajstić information content (AvgIpc) is 3.18. The smallest absolute Gasteiger partial charge is 0.182 e. The maximum atomic E-state index is 6.08. The van der Waals surface area contributed by atoms with Crippen LogP contribution in [0.2, 0.25) is 0 Å². The van der Waals surface area contributed by atoms with E-state index in [-0.39, 0.29) is 0 Å². The molecule has 250 valence electrons. The zero-order valence-corrected chi connectivity index (χ0v) is 28.7. The van der Waals surface area contributed by atoms with Gasteiger partial charge in [-0.1, -0.05) is 54.6 Å². The van der Waals surface area contributed by atoms with E-state index >= 15 is 0 Å². The van der Waals surface area contributed by atoms with Crippen molar-refractivity contribution in [3.63, 3.8) is 0 Å². The van der Waals surface area contributed by atoms with Crippen molar-refractivity contribution < 1.29 is 27.7 Å². The first kappa shape index (κ1) is 32.1. The molecule has 51 heavy (non-hydrogen) atoms. The molecule has 0 atom stereocenters. The Morgan fingerprint density at radius 3 is 1.06 bits per heavy atom. The van der Waals surface area contributed by atoms with Crippen molar-refractivity contribution in [3.8, 4) is 33.8 Å². The maximum Gasteiger partial charge on any atom is 0.182 e. The highest BCUT2D eigenvalue weighted by molar-refractivity contribution is 5.61. The van der Waals surface area contributed by atoms with Crippen LogP contribution in [-0.4, -0.2) is 13.2 Å². The van der Waals surface area contributed by atoms with Gasteiger partial charge in [-0.3, -0.25) is 0 Å². The van der Waals surface area contributed by atoms with Crippen LogP contribution >= 0.6 is 0 Å². The monoisotopic (exact) mass is 670 g/mol. The Morgan fingerprint density at radius 1 is 0.353 bits per heavy atom. The van der Waals surface area contributed by atoms with Crippen LogP contribution in [0.1, 0.15) is 22.3 Å². The van der Waals surface area contributed by atoms with Gasteiger partial charge in [0, 0.05) is 65.7 Å². The van der Waals surface area contributed by atoms with Gasteiger partial charge in [-0.25, -0.2) is 18.3 Å². The van der Waals surface area contributed by atoms with Crippen molar-refractivity contribution in [2.45, 2.75) is 32.6 Å². The number of fused-ring (bicyclic) bond motifs is 2. The lowest BCUT2D eigenvalue weighted by Crippen LogP contribution is -2.35. The zero-order chi connectivity index (χ0) is 34.2. The molecule has 4 aromatic heterocycles. The lowest BCUT2D eigenvalue weighted by atomic mass is 10.0. The normalized spacial score (nSPS) is 13.3. The molecule has 3 aromatic carbocycles. The Morgan fingerprint density at radius 2 is 0.686 bits per heavy atom. The van der Waals surface area contributed by atoms with Gasteiger partial charge in [-0.15, -0.1) is 0 Å². The Labute approximate surface area is 299 Å². The summed E-state index contributed by atoms with van der Waals surface area (Å²) in [5.41, 5.74) is 9.99. The number of hydrogen-bond donors (Lipinski definition) is 0. The molecule has 0 amide bonds. The van der Waals surface area contributed by atoms with Gasteiger partial charge in [0.1, 0.15) is 24.7 Å². The third kappa shape index (κ3) is 8.36. The van der Waals surface area contributed by atoms with Crippen LogP contribution in [0.25, 0.3) is 22.3 Å². The Balaban J connectivity index is 0.990. The Bertz CT molecular complexity index is 2030. The topological polar surface area (TPSA) is 34.0 Å². The molecular formula is C45H42N4O2+4. The fraction of sp³-hybridized carbons (Fsp3) is 0.156. The summed E-state index contributed by atoms with van der Waals surface area (Å²) in [4.78, 5) is 0. The average molecular weight is 671 g/mol. The number of nitrogens with zero attached hydrogens (tertiary/aromatic N) is 4. The Kier molecular flexibility index (Phi) is 9.55. The van der Waals surface area contributed by atoms with Crippen molar-refractivity contribution >= 4 is 0 Å². The number of aromatic nitrogens is 4. The fourth-order valence-electron chi connectivity index (χ4n) is 6.48. The number of hydrogen-bond acceptors (Lipinski definition) is 2. The van der Waals surface area contributed by atoms with Crippen molar-refractivity contribution in [1.82, 2.24) is 0 Å². The summed E-state index contributed by atoms with van der Waals surface area (Å²) in [6.07, 6.45) is 18.0. The van der Waals surface area contributed by atoms with E-state index in [1.54, 1.807) is 0 Å². The van der Waals surface area contributed by atoms with Crippen molar-refractivity contribution in [2.24, 2.45) is 0 Å². The molecular weight excluding hydrogens is 629 g/mol. The third-order valence-corrected chi connectivity index (χ3v) is 9.46. The molecule has 0 N–H and O–H groups in total. The predicted molar refractivity (Wildman–Crippen MR) is 196 cm³/mol. The van der Waals surface area contributed by atoms with Gasteiger partial charge >= 0.3 is 0 Å². The van der Waals surface area contributed by atoms with Crippen LogP contribution in [0.4, 0.5) is 0 Å². The van der Waals surface area contributed by atoms with Crippen molar-refractivity contribution in [2.75, 3.05) is 13.2 Å². The first-order valence-corrected chi connectivity index (χ1v) is 17.7.